The van der Waals surface area contributed by atoms with Crippen molar-refractivity contribution in [1.82, 2.24) is 5.01 Å². The molecule has 30 heavy (non-hydrogen) atoms. The van der Waals surface area contributed by atoms with Crippen molar-refractivity contribution < 1.29 is 23.1 Å². The molecule has 3 rings (SSSR count). The van der Waals surface area contributed by atoms with Crippen LogP contribution >= 0.6 is 0 Å². The van der Waals surface area contributed by atoms with Crippen LogP contribution in [0.4, 0.5) is 13.2 Å². The van der Waals surface area contributed by atoms with Crippen LogP contribution in [0, 0.1) is 0 Å². The van der Waals surface area contributed by atoms with E-state index >= 15 is 0 Å². The molecule has 1 N–H and O–H groups in total. The van der Waals surface area contributed by atoms with Gasteiger partial charge in [-0.2, -0.15) is 23.3 Å². The summed E-state index contributed by atoms with van der Waals surface area (Å²) < 4.78 is 40.1. The minimum atomic E-state index is -4.75. The van der Waals surface area contributed by atoms with Gasteiger partial charge in [0.1, 0.15) is 5.71 Å². The molecule has 1 heterocycles. The van der Waals surface area contributed by atoms with Crippen LogP contribution in [-0.4, -0.2) is 27.9 Å². The van der Waals surface area contributed by atoms with Gasteiger partial charge in [-0.15, -0.1) is 0 Å². The second-order valence-corrected chi connectivity index (χ2v) is 8.53. The van der Waals surface area contributed by atoms with E-state index in [2.05, 4.69) is 5.10 Å². The Morgan fingerprint density at radius 3 is 2.10 bits per heavy atom. The number of halogens is 3. The first-order chi connectivity index (χ1) is 13.9. The summed E-state index contributed by atoms with van der Waals surface area (Å²) in [6.07, 6.45) is -4.83. The van der Waals surface area contributed by atoms with Crippen LogP contribution in [0.1, 0.15) is 61.2 Å². The molecule has 0 bridgehead atoms. The number of alkyl halides is 3. The zero-order chi connectivity index (χ0) is 22.3. The Kier molecular flexibility index (Phi) is 5.54. The lowest BCUT2D eigenvalue weighted by molar-refractivity contribution is -0.0816. The molecule has 0 fully saturated rings. The molecule has 7 heteroatoms. The van der Waals surface area contributed by atoms with Gasteiger partial charge in [-0.3, -0.25) is 4.79 Å². The molecule has 1 atom stereocenters. The first-order valence-electron chi connectivity index (χ1n) is 9.78. The van der Waals surface area contributed by atoms with Gasteiger partial charge in [0.15, 0.2) is 5.72 Å². The van der Waals surface area contributed by atoms with Crippen molar-refractivity contribution in [3.05, 3.63) is 70.8 Å². The maximum absolute atomic E-state index is 13.4. The number of carbonyl (C=O) groups is 1. The van der Waals surface area contributed by atoms with E-state index in [1.165, 1.54) is 12.1 Å². The monoisotopic (exact) mass is 418 g/mol. The molecule has 0 saturated heterocycles. The van der Waals surface area contributed by atoms with E-state index in [0.29, 0.717) is 5.01 Å². The van der Waals surface area contributed by atoms with Crippen molar-refractivity contribution in [1.29, 1.82) is 0 Å². The van der Waals surface area contributed by atoms with Gasteiger partial charge in [0, 0.05) is 11.1 Å². The Labute approximate surface area is 174 Å². The van der Waals surface area contributed by atoms with Crippen LogP contribution in [0.3, 0.4) is 0 Å². The Hall–Kier alpha value is -2.67. The predicted molar refractivity (Wildman–Crippen MR) is 109 cm³/mol. The summed E-state index contributed by atoms with van der Waals surface area (Å²) in [5, 5.41) is 15.3. The standard InChI is InChI=1S/C23H25F3N2O2/c1-5-15-6-10-18(11-7-15)22(30)14-19(23(24,25)26)27-28(22)20(29)16-8-12-17(13-9-16)21(2,3)4/h6-13,30H,5,14H2,1-4H3. The van der Waals surface area contributed by atoms with E-state index in [1.807, 2.05) is 27.7 Å². The van der Waals surface area contributed by atoms with E-state index < -0.39 is 29.9 Å². The van der Waals surface area contributed by atoms with Crippen LogP contribution < -0.4 is 0 Å². The number of hydrazone groups is 1. The molecule has 1 aliphatic rings. The highest BCUT2D eigenvalue weighted by molar-refractivity contribution is 5.99. The topological polar surface area (TPSA) is 52.9 Å². The number of benzene rings is 2. The quantitative estimate of drug-likeness (QED) is 0.749. The van der Waals surface area contributed by atoms with Gasteiger partial charge in [-0.05, 0) is 35.1 Å². The fraction of sp³-hybridized carbons (Fsp3) is 0.391. The van der Waals surface area contributed by atoms with E-state index in [0.717, 1.165) is 17.5 Å². The molecule has 2 aromatic carbocycles. The van der Waals surface area contributed by atoms with E-state index in [4.69, 9.17) is 0 Å². The normalized spacial score (nSPS) is 19.7. The molecular weight excluding hydrogens is 393 g/mol. The zero-order valence-corrected chi connectivity index (χ0v) is 17.4. The van der Waals surface area contributed by atoms with E-state index in [-0.39, 0.29) is 16.5 Å². The zero-order valence-electron chi connectivity index (χ0n) is 17.4. The minimum absolute atomic E-state index is 0.140. The van der Waals surface area contributed by atoms with Crippen molar-refractivity contribution >= 4 is 11.6 Å². The first-order valence-corrected chi connectivity index (χ1v) is 9.78. The number of carbonyl (C=O) groups excluding carboxylic acids is 1. The summed E-state index contributed by atoms with van der Waals surface area (Å²) >= 11 is 0. The molecule has 0 spiro atoms. The number of aliphatic hydroxyl groups is 1. The Morgan fingerprint density at radius 2 is 1.63 bits per heavy atom. The Bertz CT molecular complexity index is 958. The molecule has 0 aromatic heterocycles. The summed E-state index contributed by atoms with van der Waals surface area (Å²) in [5.74, 6) is -0.795. The number of rotatable bonds is 3. The van der Waals surface area contributed by atoms with Crippen LogP contribution in [0.25, 0.3) is 0 Å². The average Bonchev–Trinajstić information content (AvgIpc) is 3.06. The van der Waals surface area contributed by atoms with Crippen LogP contribution in [0.5, 0.6) is 0 Å². The molecule has 1 amide bonds. The third-order valence-electron chi connectivity index (χ3n) is 5.33. The highest BCUT2D eigenvalue weighted by atomic mass is 19.4. The number of nitrogens with zero attached hydrogens (tertiary/aromatic N) is 2. The van der Waals surface area contributed by atoms with Crippen molar-refractivity contribution in [2.75, 3.05) is 0 Å². The second kappa shape index (κ2) is 7.54. The second-order valence-electron chi connectivity index (χ2n) is 8.53. The van der Waals surface area contributed by atoms with Crippen LogP contribution in [0.2, 0.25) is 0 Å². The Balaban J connectivity index is 2.02. The molecule has 2 aromatic rings. The number of aryl methyl sites for hydroxylation is 1. The maximum Gasteiger partial charge on any atom is 0.431 e. The largest absolute Gasteiger partial charge is 0.431 e. The lowest BCUT2D eigenvalue weighted by Crippen LogP contribution is -2.43. The summed E-state index contributed by atoms with van der Waals surface area (Å²) in [5.41, 5.74) is -1.26. The summed E-state index contributed by atoms with van der Waals surface area (Å²) in [4.78, 5) is 13.1. The maximum atomic E-state index is 13.4. The van der Waals surface area contributed by atoms with Gasteiger partial charge in [-0.1, -0.05) is 64.1 Å². The molecule has 1 aliphatic heterocycles. The molecule has 0 radical (unpaired) electrons. The fourth-order valence-electron chi connectivity index (χ4n) is 3.38. The van der Waals surface area contributed by atoms with Gasteiger partial charge in [0.25, 0.3) is 5.91 Å². The third-order valence-corrected chi connectivity index (χ3v) is 5.33. The van der Waals surface area contributed by atoms with Gasteiger partial charge in [-0.25, -0.2) is 0 Å². The molecule has 0 aliphatic carbocycles. The summed E-state index contributed by atoms with van der Waals surface area (Å²) in [6, 6.07) is 13.1. The molecule has 4 nitrogen and oxygen atoms in total. The van der Waals surface area contributed by atoms with Crippen molar-refractivity contribution in [3.63, 3.8) is 0 Å². The lowest BCUT2D eigenvalue weighted by Gasteiger charge is -2.31. The van der Waals surface area contributed by atoms with Crippen LogP contribution in [0.15, 0.2) is 53.6 Å². The summed E-state index contributed by atoms with van der Waals surface area (Å²) in [6.45, 7) is 8.00. The number of hydrogen-bond acceptors (Lipinski definition) is 3. The highest BCUT2D eigenvalue weighted by Crippen LogP contribution is 2.40. The third kappa shape index (κ3) is 4.12. The average molecular weight is 418 g/mol. The van der Waals surface area contributed by atoms with Gasteiger partial charge in [0.05, 0.1) is 6.42 Å². The first kappa shape index (κ1) is 22.0. The van der Waals surface area contributed by atoms with E-state index in [1.54, 1.807) is 36.4 Å². The predicted octanol–water partition coefficient (Wildman–Crippen LogP) is 5.16. The van der Waals surface area contributed by atoms with Crippen molar-refractivity contribution in [3.8, 4) is 0 Å². The Morgan fingerprint density at radius 1 is 1.07 bits per heavy atom. The lowest BCUT2D eigenvalue weighted by atomic mass is 9.86. The molecule has 0 saturated carbocycles. The van der Waals surface area contributed by atoms with Gasteiger partial charge in [0.2, 0.25) is 0 Å². The number of hydrogen-bond donors (Lipinski definition) is 1. The SMILES string of the molecule is CCc1ccc(C2(O)CC(C(F)(F)F)=NN2C(=O)c2ccc(C(C)(C)C)cc2)cc1. The van der Waals surface area contributed by atoms with Crippen molar-refractivity contribution in [2.24, 2.45) is 5.10 Å². The molecule has 160 valence electrons. The molecule has 1 unspecified atom stereocenters. The van der Waals surface area contributed by atoms with Gasteiger partial charge < -0.3 is 5.11 Å². The summed E-state index contributed by atoms with van der Waals surface area (Å²) in [7, 11) is 0. The fourth-order valence-corrected chi connectivity index (χ4v) is 3.38. The highest BCUT2D eigenvalue weighted by Gasteiger charge is 2.53. The minimum Gasteiger partial charge on any atom is -0.365 e. The number of amides is 1. The van der Waals surface area contributed by atoms with Crippen LogP contribution in [-0.2, 0) is 17.6 Å². The van der Waals surface area contributed by atoms with Gasteiger partial charge >= 0.3 is 6.18 Å². The smallest absolute Gasteiger partial charge is 0.365 e. The van der Waals surface area contributed by atoms with E-state index in [9.17, 15) is 23.1 Å². The van der Waals surface area contributed by atoms with Crippen molar-refractivity contribution in [2.45, 2.75) is 57.9 Å². The molecular formula is C23H25F3N2O2.